The van der Waals surface area contributed by atoms with Gasteiger partial charge in [0.05, 0.1) is 18.7 Å². The molecule has 1 aromatic heterocycles. The van der Waals surface area contributed by atoms with Crippen LogP contribution >= 0.6 is 0 Å². The van der Waals surface area contributed by atoms with Crippen molar-refractivity contribution in [3.05, 3.63) is 35.6 Å². The molecule has 6 heteroatoms. The Hall–Kier alpha value is -2.34. The molecule has 0 radical (unpaired) electrons. The third-order valence-electron chi connectivity index (χ3n) is 4.01. The van der Waals surface area contributed by atoms with Crippen LogP contribution in [-0.2, 0) is 16.1 Å². The van der Waals surface area contributed by atoms with Gasteiger partial charge < -0.3 is 19.4 Å². The van der Waals surface area contributed by atoms with Gasteiger partial charge in [-0.05, 0) is 40.7 Å². The standard InChI is InChI=1S/C20H28N2O4/c1-6-22(13-17(23)21-20(3,4)5)12-15-14-10-8-9-11-16(14)26-18(15)19(24)25-7-2/h8-11H,6-7,12-13H2,1-5H3,(H,21,23)/p+1. The maximum Gasteiger partial charge on any atom is 0.374 e. The van der Waals surface area contributed by atoms with Crippen LogP contribution in [0.15, 0.2) is 28.7 Å². The van der Waals surface area contributed by atoms with E-state index in [9.17, 15) is 9.59 Å². The Labute approximate surface area is 154 Å². The van der Waals surface area contributed by atoms with E-state index in [1.165, 1.54) is 0 Å². The van der Waals surface area contributed by atoms with Gasteiger partial charge in [0.2, 0.25) is 5.76 Å². The second kappa shape index (κ2) is 8.36. The Morgan fingerprint density at radius 3 is 2.50 bits per heavy atom. The molecule has 1 amide bonds. The minimum atomic E-state index is -0.465. The van der Waals surface area contributed by atoms with Crippen molar-refractivity contribution in [2.24, 2.45) is 0 Å². The number of esters is 1. The lowest BCUT2D eigenvalue weighted by molar-refractivity contribution is -0.904. The van der Waals surface area contributed by atoms with Gasteiger partial charge in [0.25, 0.3) is 5.91 Å². The molecular formula is C20H29N2O4+. The summed E-state index contributed by atoms with van der Waals surface area (Å²) in [7, 11) is 0. The molecule has 0 fully saturated rings. The van der Waals surface area contributed by atoms with Gasteiger partial charge >= 0.3 is 5.97 Å². The maximum absolute atomic E-state index is 12.3. The van der Waals surface area contributed by atoms with Crippen molar-refractivity contribution >= 4 is 22.8 Å². The Morgan fingerprint density at radius 2 is 1.88 bits per heavy atom. The van der Waals surface area contributed by atoms with Gasteiger partial charge in [-0.15, -0.1) is 0 Å². The highest BCUT2D eigenvalue weighted by atomic mass is 16.5. The van der Waals surface area contributed by atoms with Crippen LogP contribution in [0, 0.1) is 0 Å². The summed E-state index contributed by atoms with van der Waals surface area (Å²) in [5.41, 5.74) is 1.17. The van der Waals surface area contributed by atoms with E-state index in [1.54, 1.807) is 6.92 Å². The van der Waals surface area contributed by atoms with Gasteiger partial charge in [-0.3, -0.25) is 4.79 Å². The van der Waals surface area contributed by atoms with Gasteiger partial charge in [-0.2, -0.15) is 0 Å². The minimum absolute atomic E-state index is 0.0140. The summed E-state index contributed by atoms with van der Waals surface area (Å²) in [5.74, 6) is -0.247. The number of amides is 1. The first kappa shape index (κ1) is 20.0. The fraction of sp³-hybridized carbons (Fsp3) is 0.500. The number of ether oxygens (including phenoxy) is 1. The zero-order chi connectivity index (χ0) is 19.3. The lowest BCUT2D eigenvalue weighted by Crippen LogP contribution is -3.11. The molecule has 0 bridgehead atoms. The Morgan fingerprint density at radius 1 is 1.19 bits per heavy atom. The van der Waals surface area contributed by atoms with Crippen LogP contribution in [0.2, 0.25) is 0 Å². The van der Waals surface area contributed by atoms with Crippen molar-refractivity contribution in [2.45, 2.75) is 46.7 Å². The van der Waals surface area contributed by atoms with Crippen LogP contribution in [0.4, 0.5) is 0 Å². The Balaban J connectivity index is 2.28. The molecule has 0 saturated carbocycles. The first-order chi connectivity index (χ1) is 12.2. The van der Waals surface area contributed by atoms with E-state index in [4.69, 9.17) is 9.15 Å². The number of rotatable bonds is 7. The molecule has 2 rings (SSSR count). The van der Waals surface area contributed by atoms with Gasteiger partial charge in [0.1, 0.15) is 12.1 Å². The summed E-state index contributed by atoms with van der Waals surface area (Å²) in [6.07, 6.45) is 0. The lowest BCUT2D eigenvalue weighted by atomic mass is 10.1. The quantitative estimate of drug-likeness (QED) is 0.739. The number of para-hydroxylation sites is 1. The Kier molecular flexibility index (Phi) is 6.42. The Bertz CT molecular complexity index is 774. The molecule has 0 saturated heterocycles. The monoisotopic (exact) mass is 361 g/mol. The molecule has 0 spiro atoms. The fourth-order valence-electron chi connectivity index (χ4n) is 2.89. The summed E-state index contributed by atoms with van der Waals surface area (Å²) in [6, 6.07) is 7.54. The summed E-state index contributed by atoms with van der Waals surface area (Å²) in [4.78, 5) is 25.6. The number of hydrogen-bond donors (Lipinski definition) is 2. The number of hydrogen-bond acceptors (Lipinski definition) is 4. The molecule has 2 aromatic rings. The lowest BCUT2D eigenvalue weighted by Gasteiger charge is -2.23. The minimum Gasteiger partial charge on any atom is -0.460 e. The van der Waals surface area contributed by atoms with Gasteiger partial charge in [0, 0.05) is 10.9 Å². The van der Waals surface area contributed by atoms with Crippen LogP contribution < -0.4 is 10.2 Å². The number of nitrogens with one attached hydrogen (secondary N) is 2. The second-order valence-electron chi connectivity index (χ2n) is 7.38. The normalized spacial score (nSPS) is 12.8. The van der Waals surface area contributed by atoms with Crippen molar-refractivity contribution < 1.29 is 23.6 Å². The van der Waals surface area contributed by atoms with E-state index in [2.05, 4.69) is 5.32 Å². The number of carbonyl (C=O) groups is 2. The number of likely N-dealkylation sites (N-methyl/N-ethyl adjacent to an activating group) is 1. The zero-order valence-electron chi connectivity index (χ0n) is 16.3. The summed E-state index contributed by atoms with van der Waals surface area (Å²) in [6.45, 7) is 11.5. The highest BCUT2D eigenvalue weighted by molar-refractivity contribution is 5.96. The average molecular weight is 361 g/mol. The van der Waals surface area contributed by atoms with E-state index in [0.29, 0.717) is 18.7 Å². The number of furan rings is 1. The van der Waals surface area contributed by atoms with E-state index in [1.807, 2.05) is 52.0 Å². The van der Waals surface area contributed by atoms with Crippen LogP contribution in [0.5, 0.6) is 0 Å². The van der Waals surface area contributed by atoms with E-state index in [-0.39, 0.29) is 23.8 Å². The predicted octanol–water partition coefficient (Wildman–Crippen LogP) is 1.93. The largest absolute Gasteiger partial charge is 0.460 e. The van der Waals surface area contributed by atoms with Crippen LogP contribution in [0.3, 0.4) is 0 Å². The smallest absolute Gasteiger partial charge is 0.374 e. The predicted molar refractivity (Wildman–Crippen MR) is 100 cm³/mol. The highest BCUT2D eigenvalue weighted by Gasteiger charge is 2.26. The molecule has 0 aliphatic heterocycles. The SMILES string of the molecule is CCOC(=O)c1oc2ccccc2c1C[NH+](CC)CC(=O)NC(C)(C)C. The summed E-state index contributed by atoms with van der Waals surface area (Å²) < 4.78 is 10.9. The van der Waals surface area contributed by atoms with Gasteiger partial charge in [0.15, 0.2) is 6.54 Å². The molecule has 142 valence electrons. The van der Waals surface area contributed by atoms with Crippen molar-refractivity contribution in [3.8, 4) is 0 Å². The van der Waals surface area contributed by atoms with Gasteiger partial charge in [-0.1, -0.05) is 18.2 Å². The van der Waals surface area contributed by atoms with Gasteiger partial charge in [-0.25, -0.2) is 4.79 Å². The van der Waals surface area contributed by atoms with Crippen LogP contribution in [-0.4, -0.2) is 37.1 Å². The third kappa shape index (κ3) is 5.08. The average Bonchev–Trinajstić information content (AvgIpc) is 2.91. The van der Waals surface area contributed by atoms with Crippen molar-refractivity contribution in [3.63, 3.8) is 0 Å². The topological polar surface area (TPSA) is 73.0 Å². The van der Waals surface area contributed by atoms with Crippen molar-refractivity contribution in [1.82, 2.24) is 5.32 Å². The zero-order valence-corrected chi connectivity index (χ0v) is 16.3. The molecule has 0 aliphatic carbocycles. The first-order valence-electron chi connectivity index (χ1n) is 9.07. The molecule has 1 unspecified atom stereocenters. The summed E-state index contributed by atoms with van der Waals surface area (Å²) in [5, 5.41) is 3.87. The molecule has 1 atom stereocenters. The number of quaternary nitrogens is 1. The van der Waals surface area contributed by atoms with Crippen LogP contribution in [0.1, 0.15) is 50.7 Å². The number of benzene rings is 1. The van der Waals surface area contributed by atoms with Crippen molar-refractivity contribution in [1.29, 1.82) is 0 Å². The van der Waals surface area contributed by atoms with E-state index in [0.717, 1.165) is 22.4 Å². The third-order valence-corrected chi connectivity index (χ3v) is 4.01. The molecule has 1 aromatic carbocycles. The van der Waals surface area contributed by atoms with E-state index >= 15 is 0 Å². The fourth-order valence-corrected chi connectivity index (χ4v) is 2.89. The van der Waals surface area contributed by atoms with E-state index < -0.39 is 5.97 Å². The maximum atomic E-state index is 12.3. The van der Waals surface area contributed by atoms with Crippen LogP contribution in [0.25, 0.3) is 11.0 Å². The second-order valence-corrected chi connectivity index (χ2v) is 7.38. The molecular weight excluding hydrogens is 332 g/mol. The molecule has 0 aliphatic rings. The number of carbonyl (C=O) groups excluding carboxylic acids is 2. The molecule has 26 heavy (non-hydrogen) atoms. The van der Waals surface area contributed by atoms with Crippen molar-refractivity contribution in [2.75, 3.05) is 19.7 Å². The molecule has 6 nitrogen and oxygen atoms in total. The molecule has 2 N–H and O–H groups in total. The first-order valence-corrected chi connectivity index (χ1v) is 9.07. The molecule has 1 heterocycles. The highest BCUT2D eigenvalue weighted by Crippen LogP contribution is 2.26. The number of fused-ring (bicyclic) bond motifs is 1. The summed E-state index contributed by atoms with van der Waals surface area (Å²) >= 11 is 0.